The molecule has 0 aliphatic carbocycles. The maximum Gasteiger partial charge on any atom is 0.0175 e. The van der Waals surface area contributed by atoms with Gasteiger partial charge in [0.05, 0.1) is 0 Å². The molecule has 0 N–H and O–H groups in total. The van der Waals surface area contributed by atoms with Gasteiger partial charge in [0.1, 0.15) is 0 Å². The summed E-state index contributed by atoms with van der Waals surface area (Å²) in [5.74, 6) is 0. The molecule has 2 bridgehead atoms. The lowest BCUT2D eigenvalue weighted by Crippen LogP contribution is -2.43. The number of hydrogen-bond donors (Lipinski definition) is 0. The Morgan fingerprint density at radius 3 is 1.95 bits per heavy atom. The molecule has 2 heteroatoms. The van der Waals surface area contributed by atoms with Crippen molar-refractivity contribution in [1.29, 1.82) is 0 Å². The van der Waals surface area contributed by atoms with Crippen LogP contribution in [0.15, 0.2) is 0 Å². The van der Waals surface area contributed by atoms with Crippen LogP contribution in [-0.2, 0) is 0 Å². The van der Waals surface area contributed by atoms with E-state index in [-0.39, 0.29) is 0 Å². The second-order valence-corrected chi connectivity index (χ2v) is 7.96. The molecular weight excluding hydrogens is 298 g/mol. The molecule has 2 atom stereocenters. The lowest BCUT2D eigenvalue weighted by molar-refractivity contribution is 0.142. The van der Waals surface area contributed by atoms with Crippen LogP contribution in [0.3, 0.4) is 0 Å². The Labute approximate surface area is 128 Å². The average molecular weight is 330 g/mol. The van der Waals surface area contributed by atoms with Crippen LogP contribution in [0.2, 0.25) is 0 Å². The molecule has 0 aromatic carbocycles. The minimum absolute atomic E-state index is 0.805. The zero-order valence-corrected chi connectivity index (χ0v) is 14.3. The van der Waals surface area contributed by atoms with E-state index in [0.29, 0.717) is 0 Å². The number of halogens is 1. The van der Waals surface area contributed by atoms with Crippen molar-refractivity contribution in [3.63, 3.8) is 0 Å². The van der Waals surface area contributed by atoms with Crippen molar-refractivity contribution in [2.45, 2.75) is 101 Å². The monoisotopic (exact) mass is 329 g/mol. The second-order valence-electron chi connectivity index (χ2n) is 6.67. The maximum absolute atomic E-state index is 3.83. The van der Waals surface area contributed by atoms with E-state index < -0.39 is 0 Å². The molecule has 112 valence electrons. The van der Waals surface area contributed by atoms with Crippen LogP contribution in [0.25, 0.3) is 0 Å². The van der Waals surface area contributed by atoms with Gasteiger partial charge in [-0.25, -0.2) is 0 Å². The Morgan fingerprint density at radius 2 is 1.37 bits per heavy atom. The largest absolute Gasteiger partial charge is 0.297 e. The standard InChI is InChI=1S/C17H32BrN/c1-2-3-4-5-6-7-8-9-12-19-16-10-11-17(19)14-15(18)13-16/h15-17H,2-14H2,1H3. The van der Waals surface area contributed by atoms with Gasteiger partial charge in [-0.15, -0.1) is 0 Å². The van der Waals surface area contributed by atoms with Crippen molar-refractivity contribution in [2.75, 3.05) is 6.54 Å². The van der Waals surface area contributed by atoms with Crippen molar-refractivity contribution in [3.05, 3.63) is 0 Å². The molecule has 0 spiro atoms. The van der Waals surface area contributed by atoms with Gasteiger partial charge in [0.25, 0.3) is 0 Å². The van der Waals surface area contributed by atoms with Crippen molar-refractivity contribution in [2.24, 2.45) is 0 Å². The highest BCUT2D eigenvalue weighted by molar-refractivity contribution is 9.09. The number of nitrogens with zero attached hydrogens (tertiary/aromatic N) is 1. The molecule has 2 saturated heterocycles. The molecule has 2 aliphatic rings. The first-order chi connectivity index (χ1) is 9.31. The van der Waals surface area contributed by atoms with Gasteiger partial charge < -0.3 is 0 Å². The normalized spacial score (nSPS) is 30.9. The molecule has 0 saturated carbocycles. The zero-order valence-electron chi connectivity index (χ0n) is 12.7. The van der Waals surface area contributed by atoms with Gasteiger partial charge >= 0.3 is 0 Å². The van der Waals surface area contributed by atoms with E-state index in [9.17, 15) is 0 Å². The summed E-state index contributed by atoms with van der Waals surface area (Å²) >= 11 is 3.83. The van der Waals surface area contributed by atoms with Gasteiger partial charge in [0.15, 0.2) is 0 Å². The first kappa shape index (κ1) is 15.8. The third-order valence-corrected chi connectivity index (χ3v) is 5.84. The summed E-state index contributed by atoms with van der Waals surface area (Å²) < 4.78 is 0. The summed E-state index contributed by atoms with van der Waals surface area (Å²) in [6.45, 7) is 3.68. The van der Waals surface area contributed by atoms with Crippen molar-refractivity contribution in [3.8, 4) is 0 Å². The third-order valence-electron chi connectivity index (χ3n) is 5.10. The van der Waals surface area contributed by atoms with Gasteiger partial charge in [-0.1, -0.05) is 67.8 Å². The van der Waals surface area contributed by atoms with Crippen molar-refractivity contribution >= 4 is 15.9 Å². The smallest absolute Gasteiger partial charge is 0.0175 e. The molecule has 19 heavy (non-hydrogen) atoms. The highest BCUT2D eigenvalue weighted by atomic mass is 79.9. The predicted octanol–water partition coefficient (Wildman–Crippen LogP) is 5.52. The fourth-order valence-corrected chi connectivity index (χ4v) is 4.86. The highest BCUT2D eigenvalue weighted by Crippen LogP contribution is 2.38. The van der Waals surface area contributed by atoms with Gasteiger partial charge in [0, 0.05) is 16.9 Å². The Balaban J connectivity index is 1.50. The van der Waals surface area contributed by atoms with E-state index in [0.717, 1.165) is 16.9 Å². The number of alkyl halides is 1. The SMILES string of the molecule is CCCCCCCCCCN1C2CCC1CC(Br)C2. The van der Waals surface area contributed by atoms with Crippen molar-refractivity contribution < 1.29 is 0 Å². The first-order valence-corrected chi connectivity index (χ1v) is 9.62. The fourth-order valence-electron chi connectivity index (χ4n) is 4.00. The van der Waals surface area contributed by atoms with Crippen molar-refractivity contribution in [1.82, 2.24) is 4.90 Å². The Bertz CT molecular complexity index is 229. The number of fused-ring (bicyclic) bond motifs is 2. The highest BCUT2D eigenvalue weighted by Gasteiger charge is 2.39. The molecule has 2 rings (SSSR count). The van der Waals surface area contributed by atoms with Crippen LogP contribution in [-0.4, -0.2) is 28.4 Å². The molecule has 2 fully saturated rings. The topological polar surface area (TPSA) is 3.24 Å². The van der Waals surface area contributed by atoms with E-state index in [1.165, 1.54) is 83.6 Å². The molecule has 2 unspecified atom stereocenters. The Hall–Kier alpha value is 0.440. The zero-order chi connectivity index (χ0) is 13.5. The number of rotatable bonds is 9. The summed E-state index contributed by atoms with van der Waals surface area (Å²) in [7, 11) is 0. The predicted molar refractivity (Wildman–Crippen MR) is 88.1 cm³/mol. The minimum atomic E-state index is 0.805. The summed E-state index contributed by atoms with van der Waals surface area (Å²) in [6.07, 6.45) is 17.3. The van der Waals surface area contributed by atoms with E-state index in [2.05, 4.69) is 27.8 Å². The van der Waals surface area contributed by atoms with E-state index in [1.54, 1.807) is 0 Å². The maximum atomic E-state index is 3.83. The number of piperidine rings is 1. The third kappa shape index (κ3) is 5.04. The van der Waals surface area contributed by atoms with Gasteiger partial charge in [-0.2, -0.15) is 0 Å². The summed E-state index contributed by atoms with van der Waals surface area (Å²) in [4.78, 5) is 3.65. The van der Waals surface area contributed by atoms with Gasteiger partial charge in [-0.05, 0) is 38.6 Å². The van der Waals surface area contributed by atoms with Crippen LogP contribution in [0.5, 0.6) is 0 Å². The van der Waals surface area contributed by atoms with Crippen LogP contribution >= 0.6 is 15.9 Å². The number of hydrogen-bond acceptors (Lipinski definition) is 1. The number of unbranched alkanes of at least 4 members (excludes halogenated alkanes) is 7. The summed E-state index contributed by atoms with van der Waals surface area (Å²) in [5.41, 5.74) is 0. The van der Waals surface area contributed by atoms with E-state index in [1.807, 2.05) is 0 Å². The van der Waals surface area contributed by atoms with Gasteiger partial charge in [0.2, 0.25) is 0 Å². The van der Waals surface area contributed by atoms with Crippen LogP contribution in [0, 0.1) is 0 Å². The minimum Gasteiger partial charge on any atom is -0.297 e. The average Bonchev–Trinajstić information content (AvgIpc) is 2.64. The molecule has 0 aromatic rings. The fraction of sp³-hybridized carbons (Fsp3) is 1.00. The molecule has 1 nitrogen and oxygen atoms in total. The first-order valence-electron chi connectivity index (χ1n) is 8.71. The Kier molecular flexibility index (Phi) is 7.22. The lowest BCUT2D eigenvalue weighted by Gasteiger charge is -2.37. The van der Waals surface area contributed by atoms with Crippen LogP contribution < -0.4 is 0 Å². The van der Waals surface area contributed by atoms with E-state index >= 15 is 0 Å². The summed E-state index contributed by atoms with van der Waals surface area (Å²) in [5, 5.41) is 0. The Morgan fingerprint density at radius 1 is 0.842 bits per heavy atom. The van der Waals surface area contributed by atoms with E-state index in [4.69, 9.17) is 0 Å². The van der Waals surface area contributed by atoms with Gasteiger partial charge in [-0.3, -0.25) is 4.90 Å². The quantitative estimate of drug-likeness (QED) is 0.397. The summed E-state index contributed by atoms with van der Waals surface area (Å²) in [6, 6.07) is 1.82. The van der Waals surface area contributed by atoms with Crippen LogP contribution in [0.4, 0.5) is 0 Å². The molecule has 0 aromatic heterocycles. The molecule has 2 aliphatic heterocycles. The lowest BCUT2D eigenvalue weighted by atomic mass is 10.0. The molecular formula is C17H32BrN. The molecule has 0 radical (unpaired) electrons. The molecule has 2 heterocycles. The van der Waals surface area contributed by atoms with Crippen LogP contribution in [0.1, 0.15) is 84.0 Å². The second kappa shape index (κ2) is 8.67. The molecule has 0 amide bonds.